The molecule has 1 saturated heterocycles. The first-order chi connectivity index (χ1) is 6.63. The first-order valence-corrected chi connectivity index (χ1v) is 5.27. The highest BCUT2D eigenvalue weighted by atomic mass is 16.5. The Morgan fingerprint density at radius 2 is 2.36 bits per heavy atom. The van der Waals surface area contributed by atoms with Crippen LogP contribution in [0.2, 0.25) is 0 Å². The largest absolute Gasteiger partial charge is 0.462 e. The third-order valence-electron chi connectivity index (χ3n) is 2.47. The Labute approximate surface area is 85.4 Å². The monoisotopic (exact) mass is 200 g/mol. The number of likely N-dealkylation sites (tertiary alicyclic amines) is 1. The van der Waals surface area contributed by atoms with E-state index in [4.69, 9.17) is 10.5 Å². The maximum atomic E-state index is 11.4. The molecule has 1 aliphatic heterocycles. The quantitative estimate of drug-likeness (QED) is 0.666. The van der Waals surface area contributed by atoms with E-state index in [0.29, 0.717) is 19.1 Å². The molecule has 0 aliphatic carbocycles. The van der Waals surface area contributed by atoms with Gasteiger partial charge in [0.15, 0.2) is 0 Å². The van der Waals surface area contributed by atoms with E-state index in [-0.39, 0.29) is 12.1 Å². The van der Waals surface area contributed by atoms with Gasteiger partial charge < -0.3 is 10.5 Å². The maximum absolute atomic E-state index is 11.4. The summed E-state index contributed by atoms with van der Waals surface area (Å²) in [6.07, 6.45) is 2.21. The number of ether oxygens (including phenoxy) is 1. The first-order valence-electron chi connectivity index (χ1n) is 5.27. The van der Waals surface area contributed by atoms with Gasteiger partial charge in [-0.2, -0.15) is 0 Å². The van der Waals surface area contributed by atoms with E-state index in [1.807, 2.05) is 13.8 Å². The predicted octanol–water partition coefficient (Wildman–Crippen LogP) is 0.361. The van der Waals surface area contributed by atoms with E-state index in [1.165, 1.54) is 0 Å². The zero-order valence-corrected chi connectivity index (χ0v) is 9.03. The lowest BCUT2D eigenvalue weighted by molar-refractivity contribution is -0.148. The SMILES string of the molecule is CC(C)OC(=O)CN1CCCC1CN. The normalized spacial score (nSPS) is 23.0. The van der Waals surface area contributed by atoms with Gasteiger partial charge in [-0.05, 0) is 33.2 Å². The van der Waals surface area contributed by atoms with Gasteiger partial charge in [0, 0.05) is 12.6 Å². The molecule has 0 radical (unpaired) electrons. The average molecular weight is 200 g/mol. The molecule has 0 aromatic rings. The van der Waals surface area contributed by atoms with Crippen LogP contribution in [0.5, 0.6) is 0 Å². The number of carbonyl (C=O) groups excluding carboxylic acids is 1. The van der Waals surface area contributed by atoms with E-state index >= 15 is 0 Å². The van der Waals surface area contributed by atoms with Gasteiger partial charge >= 0.3 is 5.97 Å². The first kappa shape index (κ1) is 11.5. The van der Waals surface area contributed by atoms with Crippen molar-refractivity contribution in [1.82, 2.24) is 4.90 Å². The highest BCUT2D eigenvalue weighted by Gasteiger charge is 2.25. The van der Waals surface area contributed by atoms with Crippen molar-refractivity contribution in [3.8, 4) is 0 Å². The third kappa shape index (κ3) is 3.27. The molecule has 14 heavy (non-hydrogen) atoms. The second kappa shape index (κ2) is 5.32. The van der Waals surface area contributed by atoms with Gasteiger partial charge in [-0.15, -0.1) is 0 Å². The average Bonchev–Trinajstić information content (AvgIpc) is 2.50. The lowest BCUT2D eigenvalue weighted by atomic mass is 10.2. The third-order valence-corrected chi connectivity index (χ3v) is 2.47. The van der Waals surface area contributed by atoms with Crippen molar-refractivity contribution < 1.29 is 9.53 Å². The summed E-state index contributed by atoms with van der Waals surface area (Å²) in [5.41, 5.74) is 5.61. The molecule has 1 atom stereocenters. The molecular weight excluding hydrogens is 180 g/mol. The lowest BCUT2D eigenvalue weighted by Crippen LogP contribution is -2.39. The smallest absolute Gasteiger partial charge is 0.320 e. The number of nitrogens with zero attached hydrogens (tertiary/aromatic N) is 1. The fraction of sp³-hybridized carbons (Fsp3) is 0.900. The summed E-state index contributed by atoms with van der Waals surface area (Å²) in [7, 11) is 0. The van der Waals surface area contributed by atoms with E-state index < -0.39 is 0 Å². The number of esters is 1. The molecule has 2 N–H and O–H groups in total. The van der Waals surface area contributed by atoms with Gasteiger partial charge in [-0.25, -0.2) is 0 Å². The maximum Gasteiger partial charge on any atom is 0.320 e. The van der Waals surface area contributed by atoms with Crippen molar-refractivity contribution in [2.24, 2.45) is 5.73 Å². The summed E-state index contributed by atoms with van der Waals surface area (Å²) in [5.74, 6) is -0.139. The highest BCUT2D eigenvalue weighted by molar-refractivity contribution is 5.71. The molecule has 1 aliphatic rings. The van der Waals surface area contributed by atoms with Crippen LogP contribution in [0.3, 0.4) is 0 Å². The van der Waals surface area contributed by atoms with Crippen LogP contribution in [0, 0.1) is 0 Å². The Bertz CT molecular complexity index is 195. The Balaban J connectivity index is 2.32. The summed E-state index contributed by atoms with van der Waals surface area (Å²) in [6, 6.07) is 0.370. The highest BCUT2D eigenvalue weighted by Crippen LogP contribution is 2.15. The topological polar surface area (TPSA) is 55.6 Å². The second-order valence-corrected chi connectivity index (χ2v) is 4.04. The van der Waals surface area contributed by atoms with Gasteiger partial charge in [0.1, 0.15) is 0 Å². The number of carbonyl (C=O) groups is 1. The van der Waals surface area contributed by atoms with Crippen molar-refractivity contribution >= 4 is 5.97 Å². The fourth-order valence-corrected chi connectivity index (χ4v) is 1.84. The standard InChI is InChI=1S/C10H20N2O2/c1-8(2)14-10(13)7-12-5-3-4-9(12)6-11/h8-9H,3-7,11H2,1-2H3. The van der Waals surface area contributed by atoms with Crippen LogP contribution in [-0.2, 0) is 9.53 Å². The summed E-state index contributed by atoms with van der Waals surface area (Å²) in [6.45, 7) is 5.72. The Morgan fingerprint density at radius 1 is 1.64 bits per heavy atom. The minimum absolute atomic E-state index is 0.0265. The summed E-state index contributed by atoms with van der Waals surface area (Å²) in [5, 5.41) is 0. The molecule has 0 saturated carbocycles. The molecule has 4 nitrogen and oxygen atoms in total. The van der Waals surface area contributed by atoms with Crippen LogP contribution in [0.15, 0.2) is 0 Å². The summed E-state index contributed by atoms with van der Waals surface area (Å²) >= 11 is 0. The molecule has 1 fully saturated rings. The zero-order chi connectivity index (χ0) is 10.6. The van der Waals surface area contributed by atoms with Crippen LogP contribution >= 0.6 is 0 Å². The van der Waals surface area contributed by atoms with E-state index in [0.717, 1.165) is 19.4 Å². The molecule has 4 heteroatoms. The fourth-order valence-electron chi connectivity index (χ4n) is 1.84. The van der Waals surface area contributed by atoms with Gasteiger partial charge in [0.05, 0.1) is 12.6 Å². The molecule has 0 bridgehead atoms. The van der Waals surface area contributed by atoms with Crippen molar-refractivity contribution in [2.75, 3.05) is 19.6 Å². The minimum atomic E-state index is -0.139. The van der Waals surface area contributed by atoms with Gasteiger partial charge in [0.25, 0.3) is 0 Å². The molecule has 0 aromatic heterocycles. The Morgan fingerprint density at radius 3 is 2.93 bits per heavy atom. The van der Waals surface area contributed by atoms with Crippen molar-refractivity contribution in [3.63, 3.8) is 0 Å². The van der Waals surface area contributed by atoms with Crippen molar-refractivity contribution in [1.29, 1.82) is 0 Å². The second-order valence-electron chi connectivity index (χ2n) is 4.04. The summed E-state index contributed by atoms with van der Waals surface area (Å²) < 4.78 is 5.08. The molecular formula is C10H20N2O2. The Kier molecular flexibility index (Phi) is 4.35. The zero-order valence-electron chi connectivity index (χ0n) is 9.03. The number of hydrogen-bond acceptors (Lipinski definition) is 4. The van der Waals surface area contributed by atoms with E-state index in [9.17, 15) is 4.79 Å². The molecule has 1 unspecified atom stereocenters. The number of rotatable bonds is 4. The van der Waals surface area contributed by atoms with Crippen molar-refractivity contribution in [2.45, 2.75) is 38.8 Å². The minimum Gasteiger partial charge on any atom is -0.462 e. The molecule has 82 valence electrons. The van der Waals surface area contributed by atoms with Gasteiger partial charge in [-0.3, -0.25) is 9.69 Å². The van der Waals surface area contributed by atoms with Crippen LogP contribution in [0.4, 0.5) is 0 Å². The van der Waals surface area contributed by atoms with Crippen LogP contribution in [-0.4, -0.2) is 42.6 Å². The lowest BCUT2D eigenvalue weighted by Gasteiger charge is -2.22. The number of nitrogens with two attached hydrogens (primary N) is 1. The van der Waals surface area contributed by atoms with Crippen LogP contribution < -0.4 is 5.73 Å². The van der Waals surface area contributed by atoms with Crippen LogP contribution in [0.1, 0.15) is 26.7 Å². The van der Waals surface area contributed by atoms with Crippen molar-refractivity contribution in [3.05, 3.63) is 0 Å². The molecule has 0 amide bonds. The van der Waals surface area contributed by atoms with E-state index in [1.54, 1.807) is 0 Å². The van der Waals surface area contributed by atoms with Crippen LogP contribution in [0.25, 0.3) is 0 Å². The predicted molar refractivity (Wildman–Crippen MR) is 54.9 cm³/mol. The molecule has 0 aromatic carbocycles. The molecule has 0 spiro atoms. The summed E-state index contributed by atoms with van der Waals surface area (Å²) in [4.78, 5) is 13.5. The van der Waals surface area contributed by atoms with Gasteiger partial charge in [0.2, 0.25) is 0 Å². The molecule has 1 heterocycles. The number of hydrogen-bond donors (Lipinski definition) is 1. The van der Waals surface area contributed by atoms with Gasteiger partial charge in [-0.1, -0.05) is 0 Å². The Hall–Kier alpha value is -0.610. The van der Waals surface area contributed by atoms with E-state index in [2.05, 4.69) is 4.90 Å². The molecule has 1 rings (SSSR count).